The second-order valence-electron chi connectivity index (χ2n) is 5.43. The lowest BCUT2D eigenvalue weighted by Crippen LogP contribution is -2.17. The summed E-state index contributed by atoms with van der Waals surface area (Å²) >= 11 is 0. The fourth-order valence-corrected chi connectivity index (χ4v) is 2.46. The molecule has 4 nitrogen and oxygen atoms in total. The summed E-state index contributed by atoms with van der Waals surface area (Å²) in [7, 11) is 3.81. The van der Waals surface area contributed by atoms with Crippen molar-refractivity contribution in [1.29, 1.82) is 0 Å². The highest BCUT2D eigenvalue weighted by atomic mass is 19.2. The van der Waals surface area contributed by atoms with Crippen LogP contribution in [0.3, 0.4) is 0 Å². The average Bonchev–Trinajstić information content (AvgIpc) is 2.88. The predicted octanol–water partition coefficient (Wildman–Crippen LogP) is 2.88. The molecule has 3 rings (SSSR count). The maximum atomic E-state index is 13.8. The number of fused-ring (bicyclic) bond motifs is 1. The molecule has 1 aromatic carbocycles. The molecule has 22 heavy (non-hydrogen) atoms. The van der Waals surface area contributed by atoms with E-state index in [0.29, 0.717) is 24.2 Å². The molecule has 0 N–H and O–H groups in total. The van der Waals surface area contributed by atoms with Crippen molar-refractivity contribution in [3.63, 3.8) is 0 Å². The number of nitrogens with zero attached hydrogens (tertiary/aromatic N) is 4. The molecular weight excluding hydrogens is 286 g/mol. The first-order valence-electron chi connectivity index (χ1n) is 6.92. The zero-order valence-electron chi connectivity index (χ0n) is 12.4. The summed E-state index contributed by atoms with van der Waals surface area (Å²) in [5, 5.41) is 4.72. The fraction of sp³-hybridized carbons (Fsp3) is 0.250. The molecule has 0 fully saturated rings. The third kappa shape index (κ3) is 2.96. The van der Waals surface area contributed by atoms with Gasteiger partial charge in [0.1, 0.15) is 5.52 Å². The van der Waals surface area contributed by atoms with Crippen molar-refractivity contribution in [2.24, 2.45) is 7.05 Å². The van der Waals surface area contributed by atoms with Gasteiger partial charge in [-0.25, -0.2) is 13.8 Å². The molecule has 0 aliphatic rings. The Kier molecular flexibility index (Phi) is 3.85. The van der Waals surface area contributed by atoms with E-state index in [-0.39, 0.29) is 5.52 Å². The van der Waals surface area contributed by atoms with Gasteiger partial charge in [0.25, 0.3) is 0 Å². The van der Waals surface area contributed by atoms with E-state index in [1.807, 2.05) is 31.3 Å². The molecule has 0 radical (unpaired) electrons. The van der Waals surface area contributed by atoms with Crippen molar-refractivity contribution in [2.45, 2.75) is 13.1 Å². The lowest BCUT2D eigenvalue weighted by Gasteiger charge is -2.15. The number of hydrogen-bond donors (Lipinski definition) is 0. The van der Waals surface area contributed by atoms with Crippen molar-refractivity contribution < 1.29 is 8.78 Å². The SMILES string of the molecule is CN(Cc1cnn(C)c1)Cc1ccc2ccc(F)c(F)c2n1. The van der Waals surface area contributed by atoms with Gasteiger partial charge in [-0.05, 0) is 25.2 Å². The minimum atomic E-state index is -0.894. The van der Waals surface area contributed by atoms with Gasteiger partial charge >= 0.3 is 0 Å². The van der Waals surface area contributed by atoms with Crippen LogP contribution >= 0.6 is 0 Å². The quantitative estimate of drug-likeness (QED) is 0.743. The van der Waals surface area contributed by atoms with Crippen LogP contribution in [-0.4, -0.2) is 26.7 Å². The first-order valence-corrected chi connectivity index (χ1v) is 6.92. The average molecular weight is 302 g/mol. The molecular formula is C16H16F2N4. The van der Waals surface area contributed by atoms with Gasteiger partial charge in [0.05, 0.1) is 11.9 Å². The normalized spacial score (nSPS) is 11.5. The van der Waals surface area contributed by atoms with Crippen molar-refractivity contribution in [1.82, 2.24) is 19.7 Å². The summed E-state index contributed by atoms with van der Waals surface area (Å²) in [6, 6.07) is 6.24. The number of aryl methyl sites for hydroxylation is 1. The van der Waals surface area contributed by atoms with Crippen LogP contribution in [0.1, 0.15) is 11.3 Å². The molecule has 0 amide bonds. The summed E-state index contributed by atoms with van der Waals surface area (Å²) < 4.78 is 28.8. The van der Waals surface area contributed by atoms with Crippen LogP contribution in [0.25, 0.3) is 10.9 Å². The maximum Gasteiger partial charge on any atom is 0.184 e. The molecule has 0 spiro atoms. The molecule has 0 saturated heterocycles. The molecule has 0 bridgehead atoms. The molecule has 0 saturated carbocycles. The smallest absolute Gasteiger partial charge is 0.184 e. The van der Waals surface area contributed by atoms with Crippen LogP contribution in [0.15, 0.2) is 36.7 Å². The van der Waals surface area contributed by atoms with E-state index in [2.05, 4.69) is 10.1 Å². The zero-order chi connectivity index (χ0) is 15.7. The summed E-state index contributed by atoms with van der Waals surface area (Å²) in [6.45, 7) is 1.25. The fourth-order valence-electron chi connectivity index (χ4n) is 2.46. The van der Waals surface area contributed by atoms with Gasteiger partial charge in [-0.3, -0.25) is 9.58 Å². The molecule has 2 heterocycles. The lowest BCUT2D eigenvalue weighted by molar-refractivity contribution is 0.315. The van der Waals surface area contributed by atoms with Gasteiger partial charge in [-0.15, -0.1) is 0 Å². The number of aromatic nitrogens is 3. The molecule has 0 aliphatic heterocycles. The minimum absolute atomic E-state index is 0.0762. The molecule has 0 unspecified atom stereocenters. The first kappa shape index (κ1) is 14.6. The predicted molar refractivity (Wildman–Crippen MR) is 80.0 cm³/mol. The van der Waals surface area contributed by atoms with E-state index in [1.54, 1.807) is 16.9 Å². The topological polar surface area (TPSA) is 34.0 Å². The number of halogens is 2. The third-order valence-corrected chi connectivity index (χ3v) is 3.45. The van der Waals surface area contributed by atoms with Crippen LogP contribution in [0.2, 0.25) is 0 Å². The zero-order valence-corrected chi connectivity index (χ0v) is 12.4. The molecule has 3 aromatic rings. The Morgan fingerprint density at radius 2 is 1.91 bits per heavy atom. The van der Waals surface area contributed by atoms with Gasteiger partial charge < -0.3 is 0 Å². The van der Waals surface area contributed by atoms with Crippen molar-refractivity contribution in [3.8, 4) is 0 Å². The Balaban J connectivity index is 1.80. The standard InChI is InChI=1S/C16H16F2N4/c1-21(8-11-7-19-22(2)9-11)10-13-5-3-12-4-6-14(17)15(18)16(12)20-13/h3-7,9H,8,10H2,1-2H3. The van der Waals surface area contributed by atoms with Crippen LogP contribution < -0.4 is 0 Å². The second kappa shape index (κ2) is 5.81. The number of rotatable bonds is 4. The minimum Gasteiger partial charge on any atom is -0.296 e. The van der Waals surface area contributed by atoms with Crippen molar-refractivity contribution in [3.05, 3.63) is 59.6 Å². The van der Waals surface area contributed by atoms with Crippen LogP contribution in [-0.2, 0) is 20.1 Å². The Morgan fingerprint density at radius 1 is 1.14 bits per heavy atom. The van der Waals surface area contributed by atoms with Gasteiger partial charge in [0, 0.05) is 37.3 Å². The molecule has 114 valence electrons. The Hall–Kier alpha value is -2.34. The van der Waals surface area contributed by atoms with Crippen molar-refractivity contribution in [2.75, 3.05) is 7.05 Å². The highest BCUT2D eigenvalue weighted by molar-refractivity contribution is 5.79. The Morgan fingerprint density at radius 3 is 2.64 bits per heavy atom. The highest BCUT2D eigenvalue weighted by Gasteiger charge is 2.10. The van der Waals surface area contributed by atoms with Gasteiger partial charge in [0.15, 0.2) is 11.6 Å². The molecule has 0 aliphatic carbocycles. The summed E-state index contributed by atoms with van der Waals surface area (Å²) in [5.41, 5.74) is 1.86. The Labute approximate surface area is 127 Å². The third-order valence-electron chi connectivity index (χ3n) is 3.45. The van der Waals surface area contributed by atoms with Crippen LogP contribution in [0, 0.1) is 11.6 Å². The number of hydrogen-bond acceptors (Lipinski definition) is 3. The second-order valence-corrected chi connectivity index (χ2v) is 5.43. The van der Waals surface area contributed by atoms with E-state index in [1.165, 1.54) is 6.07 Å². The molecule has 2 aromatic heterocycles. The van der Waals surface area contributed by atoms with Gasteiger partial charge in [-0.1, -0.05) is 6.07 Å². The van der Waals surface area contributed by atoms with E-state index in [9.17, 15) is 8.78 Å². The maximum absolute atomic E-state index is 13.8. The monoisotopic (exact) mass is 302 g/mol. The summed E-state index contributed by atoms with van der Waals surface area (Å²) in [5.74, 6) is -1.77. The number of benzene rings is 1. The van der Waals surface area contributed by atoms with E-state index >= 15 is 0 Å². The first-order chi connectivity index (χ1) is 10.5. The highest BCUT2D eigenvalue weighted by Crippen LogP contribution is 2.19. The van der Waals surface area contributed by atoms with Gasteiger partial charge in [-0.2, -0.15) is 5.10 Å². The van der Waals surface area contributed by atoms with Crippen molar-refractivity contribution >= 4 is 10.9 Å². The van der Waals surface area contributed by atoms with E-state index < -0.39 is 11.6 Å². The molecule has 6 heteroatoms. The van der Waals surface area contributed by atoms with Crippen LogP contribution in [0.5, 0.6) is 0 Å². The van der Waals surface area contributed by atoms with Crippen LogP contribution in [0.4, 0.5) is 8.78 Å². The largest absolute Gasteiger partial charge is 0.296 e. The lowest BCUT2D eigenvalue weighted by atomic mass is 10.2. The van der Waals surface area contributed by atoms with E-state index in [0.717, 1.165) is 11.6 Å². The summed E-state index contributed by atoms with van der Waals surface area (Å²) in [6.07, 6.45) is 3.75. The Bertz CT molecular complexity index is 813. The van der Waals surface area contributed by atoms with E-state index in [4.69, 9.17) is 0 Å². The molecule has 0 atom stereocenters. The summed E-state index contributed by atoms with van der Waals surface area (Å²) in [4.78, 5) is 6.29. The number of pyridine rings is 1. The van der Waals surface area contributed by atoms with Gasteiger partial charge in [0.2, 0.25) is 0 Å².